The molecule has 0 saturated heterocycles. The fourth-order valence-corrected chi connectivity index (χ4v) is 7.08. The summed E-state index contributed by atoms with van der Waals surface area (Å²) in [6.07, 6.45) is 0. The SMILES string of the molecule is c1ccc(-c2cccc(-c3nc(-c4ccc5nc(-c6ccccc6)oc5c4)nc(-c4cccc5sc6ccccc6c45)n3)c2)cc1. The Kier molecular flexibility index (Phi) is 6.25. The lowest BCUT2D eigenvalue weighted by molar-refractivity contribution is 0.620. The van der Waals surface area contributed by atoms with Gasteiger partial charge in [-0.1, -0.05) is 97.1 Å². The number of hydrogen-bond acceptors (Lipinski definition) is 6. The number of rotatable bonds is 5. The summed E-state index contributed by atoms with van der Waals surface area (Å²) >= 11 is 1.78. The number of fused-ring (bicyclic) bond motifs is 4. The van der Waals surface area contributed by atoms with Crippen LogP contribution in [0.15, 0.2) is 150 Å². The lowest BCUT2D eigenvalue weighted by atomic mass is 10.0. The quantitative estimate of drug-likeness (QED) is 0.194. The minimum Gasteiger partial charge on any atom is -0.436 e. The van der Waals surface area contributed by atoms with Gasteiger partial charge in [0, 0.05) is 42.4 Å². The van der Waals surface area contributed by atoms with Gasteiger partial charge in [0.25, 0.3) is 0 Å². The molecule has 46 heavy (non-hydrogen) atoms. The van der Waals surface area contributed by atoms with Crippen LogP contribution in [-0.2, 0) is 0 Å². The Morgan fingerprint density at radius 3 is 1.89 bits per heavy atom. The van der Waals surface area contributed by atoms with Crippen LogP contribution in [0, 0.1) is 0 Å². The fourth-order valence-electron chi connectivity index (χ4n) is 5.95. The molecule has 0 fully saturated rings. The molecule has 9 aromatic rings. The van der Waals surface area contributed by atoms with E-state index in [0.717, 1.165) is 44.3 Å². The van der Waals surface area contributed by atoms with Gasteiger partial charge in [-0.25, -0.2) is 19.9 Å². The van der Waals surface area contributed by atoms with Gasteiger partial charge in [-0.2, -0.15) is 0 Å². The number of aromatic nitrogens is 4. The number of thiophene rings is 1. The molecule has 0 amide bonds. The van der Waals surface area contributed by atoms with Crippen LogP contribution < -0.4 is 0 Å². The maximum absolute atomic E-state index is 6.23. The normalized spacial score (nSPS) is 11.5. The molecule has 0 radical (unpaired) electrons. The first-order valence-corrected chi connectivity index (χ1v) is 15.9. The molecule has 3 aromatic heterocycles. The zero-order valence-electron chi connectivity index (χ0n) is 24.5. The van der Waals surface area contributed by atoms with Gasteiger partial charge in [-0.05, 0) is 59.7 Å². The smallest absolute Gasteiger partial charge is 0.227 e. The van der Waals surface area contributed by atoms with Crippen LogP contribution in [0.2, 0.25) is 0 Å². The van der Waals surface area contributed by atoms with E-state index in [4.69, 9.17) is 24.4 Å². The topological polar surface area (TPSA) is 64.7 Å². The van der Waals surface area contributed by atoms with Crippen LogP contribution in [-0.4, -0.2) is 19.9 Å². The van der Waals surface area contributed by atoms with Crippen LogP contribution in [0.1, 0.15) is 0 Å². The molecule has 6 heteroatoms. The van der Waals surface area contributed by atoms with Gasteiger partial charge in [-0.3, -0.25) is 0 Å². The van der Waals surface area contributed by atoms with E-state index in [1.165, 1.54) is 14.8 Å². The molecule has 9 rings (SSSR count). The average Bonchev–Trinajstić information content (AvgIpc) is 3.74. The highest BCUT2D eigenvalue weighted by molar-refractivity contribution is 7.25. The first kappa shape index (κ1) is 26.4. The minimum atomic E-state index is 0.571. The van der Waals surface area contributed by atoms with Gasteiger partial charge in [0.1, 0.15) is 5.52 Å². The Morgan fingerprint density at radius 2 is 1.07 bits per heavy atom. The second-order valence-corrected chi connectivity index (χ2v) is 12.2. The fraction of sp³-hybridized carbons (Fsp3) is 0. The Morgan fingerprint density at radius 1 is 0.435 bits per heavy atom. The average molecular weight is 609 g/mol. The predicted octanol–water partition coefficient (Wildman–Crippen LogP) is 10.7. The highest BCUT2D eigenvalue weighted by Crippen LogP contribution is 2.40. The molecule has 0 aliphatic carbocycles. The van der Waals surface area contributed by atoms with Crippen molar-refractivity contribution in [3.05, 3.63) is 146 Å². The highest BCUT2D eigenvalue weighted by Gasteiger charge is 2.18. The van der Waals surface area contributed by atoms with Crippen LogP contribution in [0.4, 0.5) is 0 Å². The Labute approximate surface area is 268 Å². The summed E-state index contributed by atoms with van der Waals surface area (Å²) in [5, 5.41) is 2.35. The molecule has 0 saturated carbocycles. The van der Waals surface area contributed by atoms with Crippen molar-refractivity contribution in [1.29, 1.82) is 0 Å². The van der Waals surface area contributed by atoms with E-state index in [-0.39, 0.29) is 0 Å². The molecular weight excluding hydrogens is 585 g/mol. The number of benzene rings is 6. The van der Waals surface area contributed by atoms with Crippen LogP contribution >= 0.6 is 11.3 Å². The zero-order chi connectivity index (χ0) is 30.5. The molecular formula is C40H24N4OS. The van der Waals surface area contributed by atoms with Crippen molar-refractivity contribution in [3.63, 3.8) is 0 Å². The Hall–Kier alpha value is -5.98. The third-order valence-electron chi connectivity index (χ3n) is 8.17. The Bertz CT molecular complexity index is 2540. The molecule has 0 unspecified atom stereocenters. The maximum atomic E-state index is 6.23. The second kappa shape index (κ2) is 10.9. The monoisotopic (exact) mass is 608 g/mol. The lowest BCUT2D eigenvalue weighted by Crippen LogP contribution is -2.00. The van der Waals surface area contributed by atoms with Gasteiger partial charge in [0.2, 0.25) is 5.89 Å². The lowest BCUT2D eigenvalue weighted by Gasteiger charge is -2.10. The second-order valence-electron chi connectivity index (χ2n) is 11.1. The van der Waals surface area contributed by atoms with E-state index in [1.807, 2.05) is 54.6 Å². The third-order valence-corrected chi connectivity index (χ3v) is 9.31. The molecule has 6 aromatic carbocycles. The summed E-state index contributed by atoms with van der Waals surface area (Å²) in [5.41, 5.74) is 7.35. The standard InChI is InChI=1S/C40H24N4OS/c1-3-11-25(12-4-1)27-15-9-16-28(23-27)37-42-38(29-21-22-32-33(24-29)45-40(41-32)26-13-5-2-6-14-26)44-39(43-37)31-18-10-20-35-36(31)30-17-7-8-19-34(30)46-35/h1-24H. The maximum Gasteiger partial charge on any atom is 0.227 e. The molecule has 0 bridgehead atoms. The number of oxazole rings is 1. The van der Waals surface area contributed by atoms with E-state index < -0.39 is 0 Å². The van der Waals surface area contributed by atoms with E-state index in [0.29, 0.717) is 28.9 Å². The van der Waals surface area contributed by atoms with Crippen LogP contribution in [0.3, 0.4) is 0 Å². The van der Waals surface area contributed by atoms with Crippen molar-refractivity contribution >= 4 is 42.6 Å². The van der Waals surface area contributed by atoms with Gasteiger partial charge in [0.15, 0.2) is 23.1 Å². The van der Waals surface area contributed by atoms with Gasteiger partial charge >= 0.3 is 0 Å². The molecule has 3 heterocycles. The summed E-state index contributed by atoms with van der Waals surface area (Å²) in [5.74, 6) is 2.39. The summed E-state index contributed by atoms with van der Waals surface area (Å²) in [6, 6.07) is 49.5. The number of nitrogens with zero attached hydrogens (tertiary/aromatic N) is 4. The molecule has 0 aliphatic rings. The van der Waals surface area contributed by atoms with Crippen molar-refractivity contribution in [2.45, 2.75) is 0 Å². The summed E-state index contributed by atoms with van der Waals surface area (Å²) in [7, 11) is 0. The molecule has 0 spiro atoms. The van der Waals surface area contributed by atoms with E-state index in [9.17, 15) is 0 Å². The molecule has 0 aliphatic heterocycles. The van der Waals surface area contributed by atoms with E-state index in [2.05, 4.69) is 91.0 Å². The van der Waals surface area contributed by atoms with E-state index >= 15 is 0 Å². The van der Waals surface area contributed by atoms with Crippen LogP contribution in [0.5, 0.6) is 0 Å². The van der Waals surface area contributed by atoms with Crippen molar-refractivity contribution in [2.24, 2.45) is 0 Å². The first-order chi connectivity index (χ1) is 22.8. The summed E-state index contributed by atoms with van der Waals surface area (Å²) < 4.78 is 8.66. The first-order valence-electron chi connectivity index (χ1n) is 15.1. The molecule has 0 atom stereocenters. The van der Waals surface area contributed by atoms with Gasteiger partial charge < -0.3 is 4.42 Å². The van der Waals surface area contributed by atoms with Crippen molar-refractivity contribution < 1.29 is 4.42 Å². The third kappa shape index (κ3) is 4.64. The predicted molar refractivity (Wildman–Crippen MR) is 187 cm³/mol. The Balaban J connectivity index is 1.25. The van der Waals surface area contributed by atoms with Crippen LogP contribution in [0.25, 0.3) is 88.0 Å². The van der Waals surface area contributed by atoms with Gasteiger partial charge in [-0.15, -0.1) is 11.3 Å². The van der Waals surface area contributed by atoms with Crippen molar-refractivity contribution in [2.75, 3.05) is 0 Å². The summed E-state index contributed by atoms with van der Waals surface area (Å²) in [4.78, 5) is 20.0. The molecule has 0 N–H and O–H groups in total. The number of hydrogen-bond donors (Lipinski definition) is 0. The molecule has 216 valence electrons. The zero-order valence-corrected chi connectivity index (χ0v) is 25.3. The van der Waals surface area contributed by atoms with E-state index in [1.54, 1.807) is 11.3 Å². The van der Waals surface area contributed by atoms with Crippen molar-refractivity contribution in [1.82, 2.24) is 19.9 Å². The summed E-state index contributed by atoms with van der Waals surface area (Å²) in [6.45, 7) is 0. The van der Waals surface area contributed by atoms with Crippen molar-refractivity contribution in [3.8, 4) is 56.7 Å². The largest absolute Gasteiger partial charge is 0.436 e. The van der Waals surface area contributed by atoms with Gasteiger partial charge in [0.05, 0.1) is 0 Å². The molecule has 5 nitrogen and oxygen atoms in total. The highest BCUT2D eigenvalue weighted by atomic mass is 32.1. The minimum absolute atomic E-state index is 0.571.